The summed E-state index contributed by atoms with van der Waals surface area (Å²) in [5.74, 6) is -0.564. The van der Waals surface area contributed by atoms with Crippen molar-refractivity contribution in [1.82, 2.24) is 0 Å². The molecule has 0 radical (unpaired) electrons. The van der Waals surface area contributed by atoms with Crippen molar-refractivity contribution in [1.29, 1.82) is 0 Å². The third-order valence-electron chi connectivity index (χ3n) is 19.2. The van der Waals surface area contributed by atoms with Gasteiger partial charge in [0.1, 0.15) is 19.3 Å². The van der Waals surface area contributed by atoms with Gasteiger partial charge in [0, 0.05) is 25.7 Å². The predicted octanol–water partition coefficient (Wildman–Crippen LogP) is 24.6. The zero-order chi connectivity index (χ0) is 74.9. The first-order valence-corrected chi connectivity index (χ1v) is 45.3. The van der Waals surface area contributed by atoms with Crippen LogP contribution in [0.3, 0.4) is 0 Å². The van der Waals surface area contributed by atoms with E-state index < -0.39 is 97.5 Å². The molecule has 0 aliphatic rings. The minimum Gasteiger partial charge on any atom is -0.462 e. The number of carbonyl (C=O) groups excluding carboxylic acids is 4. The van der Waals surface area contributed by atoms with Gasteiger partial charge in [-0.15, -0.1) is 0 Å². The van der Waals surface area contributed by atoms with Crippen molar-refractivity contribution in [3.8, 4) is 0 Å². The molecule has 0 fully saturated rings. The van der Waals surface area contributed by atoms with E-state index in [0.717, 1.165) is 115 Å². The van der Waals surface area contributed by atoms with Crippen LogP contribution in [-0.2, 0) is 65.4 Å². The lowest BCUT2D eigenvalue weighted by Gasteiger charge is -2.21. The molecule has 0 aromatic heterocycles. The number of allylic oxidation sites excluding steroid dienone is 4. The predicted molar refractivity (Wildman–Crippen MR) is 418 cm³/mol. The van der Waals surface area contributed by atoms with Gasteiger partial charge >= 0.3 is 39.5 Å². The van der Waals surface area contributed by atoms with E-state index in [1.54, 1.807) is 0 Å². The van der Waals surface area contributed by atoms with Gasteiger partial charge in [-0.3, -0.25) is 37.3 Å². The first-order chi connectivity index (χ1) is 49.4. The third kappa shape index (κ3) is 74.4. The topological polar surface area (TPSA) is 237 Å². The van der Waals surface area contributed by atoms with Crippen LogP contribution in [0.4, 0.5) is 0 Å². The van der Waals surface area contributed by atoms with Gasteiger partial charge in [-0.25, -0.2) is 9.13 Å². The van der Waals surface area contributed by atoms with Crippen LogP contribution in [0, 0.1) is 11.8 Å². The average Bonchev–Trinajstić information content (AvgIpc) is 0.907. The summed E-state index contributed by atoms with van der Waals surface area (Å²) in [5, 5.41) is 10.7. The highest BCUT2D eigenvalue weighted by atomic mass is 31.2. The van der Waals surface area contributed by atoms with Crippen molar-refractivity contribution in [3.63, 3.8) is 0 Å². The van der Waals surface area contributed by atoms with Gasteiger partial charge in [-0.1, -0.05) is 361 Å². The largest absolute Gasteiger partial charge is 0.472 e. The number of hydrogen-bond donors (Lipinski definition) is 3. The van der Waals surface area contributed by atoms with Gasteiger partial charge in [0.15, 0.2) is 12.2 Å². The van der Waals surface area contributed by atoms with Crippen LogP contribution in [0.15, 0.2) is 24.3 Å². The maximum atomic E-state index is 13.1. The molecule has 0 aromatic carbocycles. The number of phosphoric acid groups is 2. The Morgan fingerprint density at radius 3 is 0.882 bits per heavy atom. The molecule has 3 unspecified atom stereocenters. The van der Waals surface area contributed by atoms with Crippen LogP contribution in [0.25, 0.3) is 0 Å². The zero-order valence-corrected chi connectivity index (χ0v) is 68.2. The van der Waals surface area contributed by atoms with E-state index in [0.29, 0.717) is 25.7 Å². The Morgan fingerprint density at radius 1 is 0.324 bits per heavy atom. The van der Waals surface area contributed by atoms with Crippen molar-refractivity contribution in [2.24, 2.45) is 11.8 Å². The first-order valence-electron chi connectivity index (χ1n) is 42.3. The lowest BCUT2D eigenvalue weighted by atomic mass is 9.99. The van der Waals surface area contributed by atoms with Crippen molar-refractivity contribution in [2.45, 2.75) is 432 Å². The molecule has 0 amide bonds. The summed E-state index contributed by atoms with van der Waals surface area (Å²) in [6.45, 7) is 9.61. The molecule has 0 bridgehead atoms. The zero-order valence-electron chi connectivity index (χ0n) is 66.4. The second-order valence-corrected chi connectivity index (χ2v) is 32.8. The van der Waals surface area contributed by atoms with Crippen molar-refractivity contribution in [3.05, 3.63) is 24.3 Å². The summed E-state index contributed by atoms with van der Waals surface area (Å²) in [6.07, 6.45) is 67.3. The monoisotopic (exact) mass is 1490 g/mol. The normalized spacial score (nSPS) is 14.3. The van der Waals surface area contributed by atoms with Gasteiger partial charge in [0.2, 0.25) is 0 Å². The minimum absolute atomic E-state index is 0.0848. The molecule has 19 heteroatoms. The van der Waals surface area contributed by atoms with Crippen LogP contribution in [0.2, 0.25) is 0 Å². The molecule has 0 rings (SSSR count). The molecule has 0 saturated carbocycles. The lowest BCUT2D eigenvalue weighted by Crippen LogP contribution is -2.30. The summed E-state index contributed by atoms with van der Waals surface area (Å²) in [6, 6.07) is 0. The maximum Gasteiger partial charge on any atom is 0.472 e. The van der Waals surface area contributed by atoms with Crippen LogP contribution in [0.5, 0.6) is 0 Å². The molecular formula is C83H158O17P2. The molecule has 0 aromatic rings. The van der Waals surface area contributed by atoms with E-state index in [-0.39, 0.29) is 25.7 Å². The Bertz CT molecular complexity index is 2060. The van der Waals surface area contributed by atoms with E-state index in [4.69, 9.17) is 37.0 Å². The quantitative estimate of drug-likeness (QED) is 0.0169. The van der Waals surface area contributed by atoms with Crippen LogP contribution in [0.1, 0.15) is 414 Å². The molecule has 0 heterocycles. The Labute approximate surface area is 624 Å². The number of hydrogen-bond acceptors (Lipinski definition) is 15. The van der Waals surface area contributed by atoms with Crippen LogP contribution in [-0.4, -0.2) is 96.7 Å². The second-order valence-electron chi connectivity index (χ2n) is 29.9. The number of aliphatic hydroxyl groups is 1. The SMILES string of the molecule is CCCCCC/C=C\C=C/CCCCCCCC(=O)O[C@H](COC(=O)CCCCCCCCCCC(C)CC)COP(=O)(O)OC[C@H](O)COP(=O)(O)OC[C@@H](COC(=O)CCCCCCCCCCCCCCCCC(C)C)OC(=O)CCCCCCCCCCCCCCCCCCCC. The molecular weight excluding hydrogens is 1330 g/mol. The van der Waals surface area contributed by atoms with Crippen LogP contribution < -0.4 is 0 Å². The molecule has 3 N–H and O–H groups in total. The molecule has 6 atom stereocenters. The number of phosphoric ester groups is 2. The highest BCUT2D eigenvalue weighted by Gasteiger charge is 2.30. The molecule has 0 spiro atoms. The molecule has 0 aliphatic heterocycles. The average molecular weight is 1490 g/mol. The number of aliphatic hydroxyl groups excluding tert-OH is 1. The smallest absolute Gasteiger partial charge is 0.462 e. The van der Waals surface area contributed by atoms with Gasteiger partial charge in [-0.05, 0) is 63.2 Å². The molecule has 602 valence electrons. The Morgan fingerprint density at radius 2 is 0.578 bits per heavy atom. The number of ether oxygens (including phenoxy) is 4. The van der Waals surface area contributed by atoms with Gasteiger partial charge in [-0.2, -0.15) is 0 Å². The standard InChI is InChI=1S/C83H158O17P2/c1-7-10-12-14-16-18-20-22-24-25-26-28-34-38-42-50-56-62-68-82(87)99-78(71-93-80(85)65-59-53-47-40-36-32-30-29-31-35-39-45-51-57-63-75(4)5)73-97-101(89,90)95-69-77(84)70-96-102(91,92)98-74-79(72-94-81(86)66-60-54-48-44-43-46-52-58-64-76(6)9-3)100-83(88)67-61-55-49-41-37-33-27-23-21-19-17-15-13-11-8-2/h19,21,23,27,75-79,84H,7-18,20,22,24-26,28-74H2,1-6H3,(H,89,90)(H,91,92)/b21-19-,27-23-/t76?,77-,78-,79-/m1/s1. The Balaban J connectivity index is 5.30. The van der Waals surface area contributed by atoms with E-state index in [1.165, 1.54) is 218 Å². The van der Waals surface area contributed by atoms with Crippen molar-refractivity contribution >= 4 is 39.5 Å². The highest BCUT2D eigenvalue weighted by Crippen LogP contribution is 2.45. The maximum absolute atomic E-state index is 13.1. The van der Waals surface area contributed by atoms with Crippen molar-refractivity contribution < 1.29 is 80.2 Å². The minimum atomic E-state index is -4.97. The number of esters is 4. The van der Waals surface area contributed by atoms with Gasteiger partial charge in [0.05, 0.1) is 26.4 Å². The summed E-state index contributed by atoms with van der Waals surface area (Å²) in [7, 11) is -9.94. The van der Waals surface area contributed by atoms with E-state index in [9.17, 15) is 43.2 Å². The van der Waals surface area contributed by atoms with Crippen molar-refractivity contribution in [2.75, 3.05) is 39.6 Å². The van der Waals surface area contributed by atoms with Crippen LogP contribution >= 0.6 is 15.6 Å². The third-order valence-corrected chi connectivity index (χ3v) is 21.1. The molecule has 102 heavy (non-hydrogen) atoms. The summed E-state index contributed by atoms with van der Waals surface area (Å²) in [4.78, 5) is 73.1. The Hall–Kier alpha value is -2.46. The number of carbonyl (C=O) groups is 4. The number of unbranched alkanes of at least 4 members (excludes halogenated alkanes) is 46. The highest BCUT2D eigenvalue weighted by molar-refractivity contribution is 7.47. The summed E-state index contributed by atoms with van der Waals surface area (Å²) in [5.41, 5.74) is 0. The molecule has 17 nitrogen and oxygen atoms in total. The van der Waals surface area contributed by atoms with Gasteiger partial charge < -0.3 is 33.8 Å². The van der Waals surface area contributed by atoms with E-state index in [1.807, 2.05) is 0 Å². The van der Waals surface area contributed by atoms with E-state index in [2.05, 4.69) is 65.8 Å². The van der Waals surface area contributed by atoms with Gasteiger partial charge in [0.25, 0.3) is 0 Å². The molecule has 0 saturated heterocycles. The fraction of sp³-hybridized carbons (Fsp3) is 0.904. The summed E-state index contributed by atoms with van der Waals surface area (Å²) >= 11 is 0. The summed E-state index contributed by atoms with van der Waals surface area (Å²) < 4.78 is 68.8. The fourth-order valence-electron chi connectivity index (χ4n) is 12.3. The lowest BCUT2D eigenvalue weighted by molar-refractivity contribution is -0.161. The fourth-order valence-corrected chi connectivity index (χ4v) is 13.9. The number of rotatable bonds is 80. The first kappa shape index (κ1) is 99.5. The second kappa shape index (κ2) is 74.0. The van der Waals surface area contributed by atoms with E-state index >= 15 is 0 Å². The Kier molecular flexibility index (Phi) is 72.2. The molecule has 0 aliphatic carbocycles.